The maximum absolute atomic E-state index is 14.2. The lowest BCUT2D eigenvalue weighted by Gasteiger charge is -2.35. The van der Waals surface area contributed by atoms with Crippen molar-refractivity contribution in [3.63, 3.8) is 0 Å². The highest BCUT2D eigenvalue weighted by Gasteiger charge is 2.27. The lowest BCUT2D eigenvalue weighted by atomic mass is 9.92. The zero-order valence-corrected chi connectivity index (χ0v) is 23.9. The first-order valence-corrected chi connectivity index (χ1v) is 14.9. The van der Waals surface area contributed by atoms with Crippen LogP contribution in [0.2, 0.25) is 0 Å². The van der Waals surface area contributed by atoms with Gasteiger partial charge >= 0.3 is 0 Å². The van der Waals surface area contributed by atoms with E-state index >= 15 is 0 Å². The average molecular weight is 557 g/mol. The molecular weight excluding hydrogens is 516 g/mol. The van der Waals surface area contributed by atoms with Crippen molar-refractivity contribution in [3.05, 3.63) is 58.3 Å². The van der Waals surface area contributed by atoms with Gasteiger partial charge in [0.05, 0.1) is 6.10 Å². The van der Waals surface area contributed by atoms with Gasteiger partial charge in [-0.3, -0.25) is 14.3 Å². The molecule has 3 heterocycles. The van der Waals surface area contributed by atoms with Crippen molar-refractivity contribution in [3.8, 4) is 0 Å². The Morgan fingerprint density at radius 3 is 2.51 bits per heavy atom. The number of piperazine rings is 1. The number of rotatable bonds is 6. The molecule has 216 valence electrons. The molecule has 10 heteroatoms. The molecule has 10 nitrogen and oxygen atoms in total. The molecule has 41 heavy (non-hydrogen) atoms. The lowest BCUT2D eigenvalue weighted by Crippen LogP contribution is -2.46. The van der Waals surface area contributed by atoms with Crippen LogP contribution in [-0.4, -0.2) is 75.5 Å². The van der Waals surface area contributed by atoms with Crippen molar-refractivity contribution in [2.45, 2.75) is 76.6 Å². The third kappa shape index (κ3) is 5.90. The van der Waals surface area contributed by atoms with Crippen LogP contribution >= 0.6 is 0 Å². The fraction of sp³-hybridized carbons (Fsp3) is 0.516. The standard InChI is InChI=1S/C31H40N8O2/c1-21-26-11-6-22(19-37-14-16-38(17-15-37)28-12-13-33-20-34-28)18-27(26)30(41)39(24-7-9-25(40)10-8-24)29(21)36-31(32-2)35-23-4-3-5-23/h6,11-13,18,20,23-25,40H,2-5,7-10,14-17,19H2,1H3,(H,35,36). The fourth-order valence-corrected chi connectivity index (χ4v) is 6.33. The number of benzene rings is 1. The number of aromatic nitrogens is 3. The van der Waals surface area contributed by atoms with E-state index in [2.05, 4.69) is 55.0 Å². The van der Waals surface area contributed by atoms with Crippen molar-refractivity contribution in [1.82, 2.24) is 24.8 Å². The first-order chi connectivity index (χ1) is 20.0. The van der Waals surface area contributed by atoms with Crippen molar-refractivity contribution in [2.24, 2.45) is 9.98 Å². The number of fused-ring (bicyclic) bond motifs is 1. The van der Waals surface area contributed by atoms with Gasteiger partial charge in [0.2, 0.25) is 5.96 Å². The Balaban J connectivity index is 1.30. The van der Waals surface area contributed by atoms with E-state index in [1.165, 1.54) is 6.42 Å². The number of aryl methyl sites for hydroxylation is 1. The van der Waals surface area contributed by atoms with Crippen LogP contribution in [0.1, 0.15) is 62.1 Å². The van der Waals surface area contributed by atoms with Crippen LogP contribution in [0.15, 0.2) is 51.6 Å². The van der Waals surface area contributed by atoms with Crippen LogP contribution in [-0.2, 0) is 6.54 Å². The summed E-state index contributed by atoms with van der Waals surface area (Å²) < 4.78 is 1.88. The maximum atomic E-state index is 14.2. The number of anilines is 1. The van der Waals surface area contributed by atoms with Crippen molar-refractivity contribution in [2.75, 3.05) is 31.1 Å². The molecule has 0 bridgehead atoms. The van der Waals surface area contributed by atoms with Gasteiger partial charge in [0.1, 0.15) is 18.0 Å². The average Bonchev–Trinajstić information content (AvgIpc) is 2.98. The SMILES string of the molecule is C=N/C(=N\c1c(C)c2ccc(CN3CCN(c4ccncn4)CC3)cc2c(=O)n1C1CCC(O)CC1)NC1CCC1. The van der Waals surface area contributed by atoms with E-state index < -0.39 is 0 Å². The van der Waals surface area contributed by atoms with Gasteiger partial charge in [-0.15, -0.1) is 0 Å². The third-order valence-electron chi connectivity index (χ3n) is 9.00. The molecule has 6 rings (SSSR count). The number of aliphatic hydroxyl groups excluding tert-OH is 1. The van der Waals surface area contributed by atoms with E-state index in [1.54, 1.807) is 12.5 Å². The van der Waals surface area contributed by atoms with E-state index in [0.717, 1.165) is 86.1 Å². The second-order valence-corrected chi connectivity index (χ2v) is 11.7. The summed E-state index contributed by atoms with van der Waals surface area (Å²) in [4.78, 5) is 36.4. The molecule has 3 fully saturated rings. The number of hydrogen-bond donors (Lipinski definition) is 2. The lowest BCUT2D eigenvalue weighted by molar-refractivity contribution is 0.110. The van der Waals surface area contributed by atoms with Gasteiger partial charge in [-0.1, -0.05) is 12.1 Å². The Morgan fingerprint density at radius 2 is 1.85 bits per heavy atom. The number of aliphatic imine (C=N–C) groups is 2. The van der Waals surface area contributed by atoms with Crippen LogP contribution in [0.4, 0.5) is 11.6 Å². The molecule has 0 amide bonds. The summed E-state index contributed by atoms with van der Waals surface area (Å²) in [6.07, 6.45) is 9.33. The molecule has 0 radical (unpaired) electrons. The Hall–Kier alpha value is -3.63. The summed E-state index contributed by atoms with van der Waals surface area (Å²) in [7, 11) is 0. The minimum Gasteiger partial charge on any atom is -0.393 e. The molecule has 3 aliphatic rings. The predicted octanol–water partition coefficient (Wildman–Crippen LogP) is 3.73. The number of pyridine rings is 1. The molecule has 0 spiro atoms. The van der Waals surface area contributed by atoms with Gasteiger partial charge in [0.15, 0.2) is 0 Å². The number of nitrogens with zero attached hydrogens (tertiary/aromatic N) is 7. The van der Waals surface area contributed by atoms with Crippen LogP contribution < -0.4 is 15.8 Å². The fourth-order valence-electron chi connectivity index (χ4n) is 6.33. The smallest absolute Gasteiger partial charge is 0.260 e. The van der Waals surface area contributed by atoms with Crippen LogP contribution in [0.25, 0.3) is 10.8 Å². The molecular formula is C31H40N8O2. The Morgan fingerprint density at radius 1 is 1.07 bits per heavy atom. The molecule has 0 atom stereocenters. The highest BCUT2D eigenvalue weighted by atomic mass is 16.3. The Labute approximate surface area is 240 Å². The predicted molar refractivity (Wildman–Crippen MR) is 163 cm³/mol. The summed E-state index contributed by atoms with van der Waals surface area (Å²) >= 11 is 0. The van der Waals surface area contributed by atoms with E-state index in [0.29, 0.717) is 30.7 Å². The first kappa shape index (κ1) is 27.5. The minimum absolute atomic E-state index is 0.0129. The number of nitrogens with one attached hydrogen (secondary N) is 1. The third-order valence-corrected chi connectivity index (χ3v) is 9.00. The highest BCUT2D eigenvalue weighted by molar-refractivity contribution is 5.91. The van der Waals surface area contributed by atoms with Gasteiger partial charge in [0.25, 0.3) is 5.56 Å². The summed E-state index contributed by atoms with van der Waals surface area (Å²) in [6, 6.07) is 8.58. The molecule has 2 aliphatic carbocycles. The van der Waals surface area contributed by atoms with Gasteiger partial charge in [0, 0.05) is 62.0 Å². The van der Waals surface area contributed by atoms with Gasteiger partial charge in [-0.25, -0.2) is 15.0 Å². The molecule has 0 unspecified atom stereocenters. The summed E-state index contributed by atoms with van der Waals surface area (Å²) in [6.45, 7) is 10.2. The first-order valence-electron chi connectivity index (χ1n) is 14.9. The van der Waals surface area contributed by atoms with E-state index in [-0.39, 0.29) is 17.7 Å². The Bertz CT molecular complexity index is 1470. The minimum atomic E-state index is -0.303. The van der Waals surface area contributed by atoms with Crippen molar-refractivity contribution in [1.29, 1.82) is 0 Å². The molecule has 1 saturated heterocycles. The summed E-state index contributed by atoms with van der Waals surface area (Å²) in [5, 5.41) is 15.2. The molecule has 1 aliphatic heterocycles. The topological polar surface area (TPSA) is 111 Å². The molecule has 3 aromatic rings. The quantitative estimate of drug-likeness (QED) is 0.352. The number of guanidine groups is 1. The molecule has 1 aromatic carbocycles. The van der Waals surface area contributed by atoms with E-state index in [4.69, 9.17) is 4.99 Å². The van der Waals surface area contributed by atoms with Crippen molar-refractivity contribution < 1.29 is 5.11 Å². The largest absolute Gasteiger partial charge is 0.393 e. The zero-order chi connectivity index (χ0) is 28.3. The van der Waals surface area contributed by atoms with Crippen molar-refractivity contribution >= 4 is 35.1 Å². The van der Waals surface area contributed by atoms with E-state index in [1.807, 2.05) is 17.6 Å². The van der Waals surface area contributed by atoms with Crippen LogP contribution in [0.3, 0.4) is 0 Å². The van der Waals surface area contributed by atoms with E-state index in [9.17, 15) is 9.90 Å². The van der Waals surface area contributed by atoms with Gasteiger partial charge in [-0.05, 0) is 81.7 Å². The zero-order valence-electron chi connectivity index (χ0n) is 23.9. The van der Waals surface area contributed by atoms with Gasteiger partial charge in [-0.2, -0.15) is 4.99 Å². The second kappa shape index (κ2) is 12.1. The molecule has 2 N–H and O–H groups in total. The monoisotopic (exact) mass is 556 g/mol. The Kier molecular flexibility index (Phi) is 8.11. The maximum Gasteiger partial charge on any atom is 0.260 e. The highest BCUT2D eigenvalue weighted by Crippen LogP contribution is 2.35. The number of hydrogen-bond acceptors (Lipinski definition) is 7. The molecule has 2 aromatic heterocycles. The van der Waals surface area contributed by atoms with Crippen LogP contribution in [0.5, 0.6) is 0 Å². The second-order valence-electron chi connectivity index (χ2n) is 11.7. The van der Waals surface area contributed by atoms with Crippen LogP contribution in [0, 0.1) is 6.92 Å². The normalized spacial score (nSPS) is 22.5. The molecule has 2 saturated carbocycles. The summed E-state index contributed by atoms with van der Waals surface area (Å²) in [5.74, 6) is 2.08. The van der Waals surface area contributed by atoms with Gasteiger partial charge < -0.3 is 15.3 Å². The summed E-state index contributed by atoms with van der Waals surface area (Å²) in [5.41, 5.74) is 2.08. The number of aliphatic hydroxyl groups is 1.